The Labute approximate surface area is 152 Å². The molecule has 1 aromatic heterocycles. The zero-order chi connectivity index (χ0) is 18.5. The van der Waals surface area contributed by atoms with E-state index in [9.17, 15) is 4.79 Å². The number of rotatable bonds is 5. The zero-order valence-electron chi connectivity index (χ0n) is 14.5. The van der Waals surface area contributed by atoms with Gasteiger partial charge in [0.05, 0.1) is 11.7 Å². The molecule has 1 amide bonds. The third-order valence-electron chi connectivity index (χ3n) is 4.45. The first-order valence-corrected chi connectivity index (χ1v) is 8.28. The number of benzene rings is 1. The molecule has 1 aliphatic rings. The van der Waals surface area contributed by atoms with Crippen LogP contribution < -0.4 is 5.43 Å². The van der Waals surface area contributed by atoms with Crippen molar-refractivity contribution in [2.75, 3.05) is 6.54 Å². The Kier molecular flexibility index (Phi) is 5.17. The number of hydrogen-bond acceptors (Lipinski definition) is 6. The molecule has 1 atom stereocenters. The molecule has 0 saturated heterocycles. The van der Waals surface area contributed by atoms with E-state index in [4.69, 9.17) is 5.41 Å². The maximum atomic E-state index is 12.8. The van der Waals surface area contributed by atoms with Crippen LogP contribution in [0.1, 0.15) is 29.7 Å². The number of nitrogens with zero attached hydrogens (tertiary/aromatic N) is 4. The molecule has 132 valence electrons. The van der Waals surface area contributed by atoms with Gasteiger partial charge in [0.25, 0.3) is 5.91 Å². The van der Waals surface area contributed by atoms with Crippen LogP contribution in [0.25, 0.3) is 5.70 Å². The number of carbonyl (C=O) groups excluding carboxylic acids is 1. The van der Waals surface area contributed by atoms with Gasteiger partial charge in [0, 0.05) is 31.2 Å². The predicted octanol–water partition coefficient (Wildman–Crippen LogP) is 2.19. The standard InChI is InChI=1S/C19H20N6O/c1-13-16-6-4-3-5-14(16)7-8-25(13)19(26)17(20)9-18(24-21-2)15-10-22-12-23-11-15/h3-6,9-13,20,24H,2,7-8H2,1H3/b18-9-,20-17?/t13-/m1/s1. The molecule has 0 radical (unpaired) electrons. The summed E-state index contributed by atoms with van der Waals surface area (Å²) in [5.74, 6) is -0.327. The summed E-state index contributed by atoms with van der Waals surface area (Å²) in [6.07, 6.45) is 6.78. The second-order valence-corrected chi connectivity index (χ2v) is 5.99. The first kappa shape index (κ1) is 17.5. The molecule has 0 fully saturated rings. The fraction of sp³-hybridized carbons (Fsp3) is 0.211. The van der Waals surface area contributed by atoms with E-state index < -0.39 is 0 Å². The molecular formula is C19H20N6O. The summed E-state index contributed by atoms with van der Waals surface area (Å²) in [6.45, 7) is 5.97. The van der Waals surface area contributed by atoms with Gasteiger partial charge >= 0.3 is 0 Å². The van der Waals surface area contributed by atoms with Crippen LogP contribution in [0, 0.1) is 5.41 Å². The molecule has 7 heteroatoms. The molecular weight excluding hydrogens is 328 g/mol. The second-order valence-electron chi connectivity index (χ2n) is 5.99. The number of amides is 1. The summed E-state index contributed by atoms with van der Waals surface area (Å²) >= 11 is 0. The fourth-order valence-corrected chi connectivity index (χ4v) is 3.11. The molecule has 0 bridgehead atoms. The number of carbonyl (C=O) groups is 1. The Morgan fingerprint density at radius 1 is 1.38 bits per heavy atom. The average molecular weight is 348 g/mol. The highest BCUT2D eigenvalue weighted by Gasteiger charge is 2.28. The van der Waals surface area contributed by atoms with Crippen molar-refractivity contribution in [1.29, 1.82) is 5.41 Å². The first-order chi connectivity index (χ1) is 12.6. The molecule has 26 heavy (non-hydrogen) atoms. The highest BCUT2D eigenvalue weighted by Crippen LogP contribution is 2.29. The van der Waals surface area contributed by atoms with E-state index in [1.54, 1.807) is 17.3 Å². The van der Waals surface area contributed by atoms with E-state index in [-0.39, 0.29) is 17.7 Å². The van der Waals surface area contributed by atoms with Gasteiger partial charge in [-0.15, -0.1) is 0 Å². The maximum absolute atomic E-state index is 12.8. The van der Waals surface area contributed by atoms with Gasteiger partial charge in [0.15, 0.2) is 0 Å². The van der Waals surface area contributed by atoms with E-state index in [0.717, 1.165) is 12.0 Å². The predicted molar refractivity (Wildman–Crippen MR) is 101 cm³/mol. The topological polar surface area (TPSA) is 94.3 Å². The van der Waals surface area contributed by atoms with Crippen LogP contribution in [0.15, 0.2) is 54.2 Å². The average Bonchev–Trinajstić information content (AvgIpc) is 2.68. The van der Waals surface area contributed by atoms with Crippen molar-refractivity contribution in [2.45, 2.75) is 19.4 Å². The lowest BCUT2D eigenvalue weighted by Crippen LogP contribution is -2.42. The summed E-state index contributed by atoms with van der Waals surface area (Å²) in [5.41, 5.74) is 6.02. The number of hydrogen-bond donors (Lipinski definition) is 2. The Morgan fingerprint density at radius 2 is 2.12 bits per heavy atom. The quantitative estimate of drug-likeness (QED) is 0.640. The number of aromatic nitrogens is 2. The second kappa shape index (κ2) is 7.69. The highest BCUT2D eigenvalue weighted by molar-refractivity contribution is 6.43. The van der Waals surface area contributed by atoms with E-state index in [2.05, 4.69) is 33.3 Å². The van der Waals surface area contributed by atoms with Crippen molar-refractivity contribution < 1.29 is 4.79 Å². The minimum Gasteiger partial charge on any atom is -0.330 e. The highest BCUT2D eigenvalue weighted by atomic mass is 16.2. The normalized spacial score (nSPS) is 16.6. The SMILES string of the molecule is C=NN/C(=C\C(=N)C(=O)N1CCc2ccccc2[C@H]1C)c1cncnc1. The molecule has 3 rings (SSSR count). The summed E-state index contributed by atoms with van der Waals surface area (Å²) in [7, 11) is 0. The van der Waals surface area contributed by atoms with E-state index in [1.807, 2.05) is 25.1 Å². The summed E-state index contributed by atoms with van der Waals surface area (Å²) in [4.78, 5) is 22.5. The van der Waals surface area contributed by atoms with Crippen LogP contribution in [0.2, 0.25) is 0 Å². The van der Waals surface area contributed by atoms with Crippen molar-refractivity contribution in [3.05, 3.63) is 65.8 Å². The van der Waals surface area contributed by atoms with Crippen LogP contribution in [0.5, 0.6) is 0 Å². The van der Waals surface area contributed by atoms with Gasteiger partial charge in [0.1, 0.15) is 12.0 Å². The molecule has 2 heterocycles. The van der Waals surface area contributed by atoms with Crippen LogP contribution in [0.3, 0.4) is 0 Å². The summed E-state index contributed by atoms with van der Waals surface area (Å²) < 4.78 is 0. The minimum atomic E-state index is -0.327. The molecule has 0 spiro atoms. The molecule has 1 aliphatic heterocycles. The maximum Gasteiger partial charge on any atom is 0.272 e. The van der Waals surface area contributed by atoms with E-state index >= 15 is 0 Å². The third-order valence-corrected chi connectivity index (χ3v) is 4.45. The molecule has 0 saturated carbocycles. The van der Waals surface area contributed by atoms with Crippen molar-refractivity contribution in [3.8, 4) is 0 Å². The lowest BCUT2D eigenvalue weighted by Gasteiger charge is -2.35. The molecule has 7 nitrogen and oxygen atoms in total. The third kappa shape index (κ3) is 3.51. The van der Waals surface area contributed by atoms with Crippen molar-refractivity contribution >= 4 is 24.0 Å². The van der Waals surface area contributed by atoms with Gasteiger partial charge in [-0.1, -0.05) is 24.3 Å². The Hall–Kier alpha value is -3.35. The summed E-state index contributed by atoms with van der Waals surface area (Å²) in [6, 6.07) is 8.04. The molecule has 0 aliphatic carbocycles. The smallest absolute Gasteiger partial charge is 0.272 e. The van der Waals surface area contributed by atoms with Crippen LogP contribution in [-0.4, -0.2) is 39.7 Å². The van der Waals surface area contributed by atoms with E-state index in [0.29, 0.717) is 17.8 Å². The molecule has 0 unspecified atom stereocenters. The van der Waals surface area contributed by atoms with E-state index in [1.165, 1.54) is 18.0 Å². The Morgan fingerprint density at radius 3 is 2.85 bits per heavy atom. The lowest BCUT2D eigenvalue weighted by atomic mass is 9.93. The van der Waals surface area contributed by atoms with Crippen LogP contribution in [-0.2, 0) is 11.2 Å². The number of hydrazone groups is 1. The molecule has 1 aromatic carbocycles. The zero-order valence-corrected chi connectivity index (χ0v) is 14.5. The fourth-order valence-electron chi connectivity index (χ4n) is 3.11. The van der Waals surface area contributed by atoms with Crippen molar-refractivity contribution in [3.63, 3.8) is 0 Å². The monoisotopic (exact) mass is 348 g/mol. The van der Waals surface area contributed by atoms with Gasteiger partial charge in [0.2, 0.25) is 0 Å². The van der Waals surface area contributed by atoms with Crippen molar-refractivity contribution in [2.24, 2.45) is 5.10 Å². The van der Waals surface area contributed by atoms with Gasteiger partial charge in [-0.2, -0.15) is 5.10 Å². The first-order valence-electron chi connectivity index (χ1n) is 8.28. The van der Waals surface area contributed by atoms with Crippen LogP contribution in [0.4, 0.5) is 0 Å². The molecule has 2 N–H and O–H groups in total. The Balaban J connectivity index is 1.83. The largest absolute Gasteiger partial charge is 0.330 e. The Bertz CT molecular complexity index is 861. The van der Waals surface area contributed by atoms with Crippen LogP contribution >= 0.6 is 0 Å². The van der Waals surface area contributed by atoms with Gasteiger partial charge < -0.3 is 4.90 Å². The van der Waals surface area contributed by atoms with Gasteiger partial charge in [-0.3, -0.25) is 15.6 Å². The molecule has 2 aromatic rings. The lowest BCUT2D eigenvalue weighted by molar-refractivity contribution is -0.126. The van der Waals surface area contributed by atoms with Gasteiger partial charge in [-0.05, 0) is 30.5 Å². The minimum absolute atomic E-state index is 0.0739. The van der Waals surface area contributed by atoms with Gasteiger partial charge in [-0.25, -0.2) is 9.97 Å². The summed E-state index contributed by atoms with van der Waals surface area (Å²) in [5, 5.41) is 11.9. The number of nitrogens with one attached hydrogen (secondary N) is 2. The van der Waals surface area contributed by atoms with Crippen molar-refractivity contribution in [1.82, 2.24) is 20.3 Å². The number of fused-ring (bicyclic) bond motifs is 1.